The predicted octanol–water partition coefficient (Wildman–Crippen LogP) is 4.14. The molecule has 0 bridgehead atoms. The zero-order chi connectivity index (χ0) is 11.1. The molecule has 1 aromatic carbocycles. The Labute approximate surface area is 94.3 Å². The van der Waals surface area contributed by atoms with Gasteiger partial charge in [-0.1, -0.05) is 49.4 Å². The van der Waals surface area contributed by atoms with E-state index >= 15 is 0 Å². The van der Waals surface area contributed by atoms with E-state index in [2.05, 4.69) is 60.0 Å². The van der Waals surface area contributed by atoms with Gasteiger partial charge in [-0.3, -0.25) is 0 Å². The average molecular weight is 216 g/mol. The van der Waals surface area contributed by atoms with E-state index in [0.29, 0.717) is 0 Å². The first-order chi connectivity index (χ1) is 7.12. The van der Waals surface area contributed by atoms with Crippen LogP contribution in [0.15, 0.2) is 42.5 Å². The SMILES string of the molecule is C=C(C)C1(CC)C=C(P)c2ccccc21. The van der Waals surface area contributed by atoms with Crippen molar-refractivity contribution in [3.8, 4) is 0 Å². The second kappa shape index (κ2) is 3.61. The number of benzene rings is 1. The molecule has 2 rings (SSSR count). The van der Waals surface area contributed by atoms with Crippen molar-refractivity contribution in [1.82, 2.24) is 0 Å². The maximum Gasteiger partial charge on any atom is 0.0348 e. The molecule has 15 heavy (non-hydrogen) atoms. The molecular weight excluding hydrogens is 199 g/mol. The molecule has 1 aliphatic rings. The quantitative estimate of drug-likeness (QED) is 0.515. The zero-order valence-electron chi connectivity index (χ0n) is 9.38. The van der Waals surface area contributed by atoms with Gasteiger partial charge in [0.2, 0.25) is 0 Å². The van der Waals surface area contributed by atoms with Crippen LogP contribution in [0.25, 0.3) is 5.31 Å². The summed E-state index contributed by atoms with van der Waals surface area (Å²) in [4.78, 5) is 0. The van der Waals surface area contributed by atoms with Crippen molar-refractivity contribution >= 4 is 14.6 Å². The van der Waals surface area contributed by atoms with E-state index in [1.54, 1.807) is 0 Å². The monoisotopic (exact) mass is 216 g/mol. The van der Waals surface area contributed by atoms with Crippen molar-refractivity contribution in [2.45, 2.75) is 25.7 Å². The molecule has 0 aromatic heterocycles. The first-order valence-electron chi connectivity index (χ1n) is 5.36. The Morgan fingerprint density at radius 3 is 2.67 bits per heavy atom. The number of allylic oxidation sites excluding steroid dienone is 2. The number of hydrogen-bond donors (Lipinski definition) is 0. The molecule has 2 unspecified atom stereocenters. The molecule has 0 radical (unpaired) electrons. The van der Waals surface area contributed by atoms with E-state index in [9.17, 15) is 0 Å². The third kappa shape index (κ3) is 1.40. The highest BCUT2D eigenvalue weighted by atomic mass is 31.0. The molecule has 0 aliphatic heterocycles. The van der Waals surface area contributed by atoms with Gasteiger partial charge < -0.3 is 0 Å². The molecule has 0 spiro atoms. The van der Waals surface area contributed by atoms with Gasteiger partial charge in [0, 0.05) is 5.41 Å². The van der Waals surface area contributed by atoms with Crippen LogP contribution in [0.4, 0.5) is 0 Å². The van der Waals surface area contributed by atoms with Crippen LogP contribution in [0.5, 0.6) is 0 Å². The third-order valence-corrected chi connectivity index (χ3v) is 3.92. The molecule has 0 nitrogen and oxygen atoms in total. The summed E-state index contributed by atoms with van der Waals surface area (Å²) in [5.41, 5.74) is 4.06. The van der Waals surface area contributed by atoms with E-state index in [1.807, 2.05) is 0 Å². The van der Waals surface area contributed by atoms with Crippen LogP contribution >= 0.6 is 9.24 Å². The smallest absolute Gasteiger partial charge is 0.0348 e. The molecule has 1 aromatic rings. The van der Waals surface area contributed by atoms with Crippen LogP contribution in [0.3, 0.4) is 0 Å². The minimum atomic E-state index is 0.0632. The van der Waals surface area contributed by atoms with Crippen LogP contribution < -0.4 is 0 Å². The van der Waals surface area contributed by atoms with Gasteiger partial charge in [-0.2, -0.15) is 0 Å². The lowest BCUT2D eigenvalue weighted by Crippen LogP contribution is -2.21. The molecule has 1 aliphatic carbocycles. The van der Waals surface area contributed by atoms with Crippen molar-refractivity contribution in [3.63, 3.8) is 0 Å². The van der Waals surface area contributed by atoms with Crippen LogP contribution in [-0.4, -0.2) is 0 Å². The average Bonchev–Trinajstić information content (AvgIpc) is 2.54. The predicted molar refractivity (Wildman–Crippen MR) is 70.9 cm³/mol. The van der Waals surface area contributed by atoms with Crippen molar-refractivity contribution in [1.29, 1.82) is 0 Å². The van der Waals surface area contributed by atoms with Crippen molar-refractivity contribution in [3.05, 3.63) is 53.6 Å². The molecule has 78 valence electrons. The Kier molecular flexibility index (Phi) is 2.56. The van der Waals surface area contributed by atoms with Crippen LogP contribution in [0.2, 0.25) is 0 Å². The Balaban J connectivity index is 2.69. The van der Waals surface area contributed by atoms with Crippen LogP contribution in [0, 0.1) is 0 Å². The molecule has 0 amide bonds. The number of rotatable bonds is 2. The highest BCUT2D eigenvalue weighted by molar-refractivity contribution is 7.31. The standard InChI is InChI=1S/C14H17P/c1-4-14(10(2)3)9-13(15)11-7-5-6-8-12(11)14/h5-9H,2,4,15H2,1,3H3. The summed E-state index contributed by atoms with van der Waals surface area (Å²) in [6.07, 6.45) is 3.42. The molecule has 0 saturated heterocycles. The van der Waals surface area contributed by atoms with Gasteiger partial charge in [0.1, 0.15) is 0 Å². The van der Waals surface area contributed by atoms with Crippen molar-refractivity contribution in [2.75, 3.05) is 0 Å². The van der Waals surface area contributed by atoms with Gasteiger partial charge in [-0.25, -0.2) is 0 Å². The lowest BCUT2D eigenvalue weighted by Gasteiger charge is -2.28. The Hall–Kier alpha value is -0.870. The first kappa shape index (κ1) is 10.6. The maximum atomic E-state index is 4.16. The first-order valence-corrected chi connectivity index (χ1v) is 5.93. The van der Waals surface area contributed by atoms with Gasteiger partial charge in [0.05, 0.1) is 0 Å². The Morgan fingerprint density at radius 2 is 2.07 bits per heavy atom. The van der Waals surface area contributed by atoms with E-state index in [-0.39, 0.29) is 5.41 Å². The van der Waals surface area contributed by atoms with Gasteiger partial charge in [-0.15, -0.1) is 9.24 Å². The summed E-state index contributed by atoms with van der Waals surface area (Å²) in [5, 5.41) is 1.30. The van der Waals surface area contributed by atoms with Gasteiger partial charge in [-0.05, 0) is 29.8 Å². The Morgan fingerprint density at radius 1 is 1.40 bits per heavy atom. The summed E-state index contributed by atoms with van der Waals surface area (Å²) in [6.45, 7) is 8.51. The molecule has 0 N–H and O–H groups in total. The fraction of sp³-hybridized carbons (Fsp3) is 0.286. The number of hydrogen-bond acceptors (Lipinski definition) is 0. The maximum absolute atomic E-state index is 4.16. The summed E-state index contributed by atoms with van der Waals surface area (Å²) < 4.78 is 0. The normalized spacial score (nSPS) is 23.5. The van der Waals surface area contributed by atoms with Gasteiger partial charge in [0.15, 0.2) is 0 Å². The molecule has 2 atom stereocenters. The van der Waals surface area contributed by atoms with Crippen LogP contribution in [0.1, 0.15) is 31.4 Å². The highest BCUT2D eigenvalue weighted by Gasteiger charge is 2.35. The zero-order valence-corrected chi connectivity index (χ0v) is 10.5. The van der Waals surface area contributed by atoms with E-state index in [1.165, 1.54) is 22.0 Å². The minimum absolute atomic E-state index is 0.0632. The molecule has 1 heteroatoms. The summed E-state index contributed by atoms with van der Waals surface area (Å²) in [6, 6.07) is 8.62. The largest absolute Gasteiger partial charge is 0.105 e. The summed E-state index contributed by atoms with van der Waals surface area (Å²) in [7, 11) is 2.84. The second-order valence-electron chi connectivity index (χ2n) is 4.25. The van der Waals surface area contributed by atoms with Crippen LogP contribution in [-0.2, 0) is 5.41 Å². The summed E-state index contributed by atoms with van der Waals surface area (Å²) >= 11 is 0. The second-order valence-corrected chi connectivity index (χ2v) is 4.87. The minimum Gasteiger partial charge on any atom is -0.105 e. The lowest BCUT2D eigenvalue weighted by molar-refractivity contribution is 0.615. The number of fused-ring (bicyclic) bond motifs is 1. The van der Waals surface area contributed by atoms with E-state index < -0.39 is 0 Å². The third-order valence-electron chi connectivity index (χ3n) is 3.44. The topological polar surface area (TPSA) is 0 Å². The summed E-state index contributed by atoms with van der Waals surface area (Å²) in [5.74, 6) is 0. The van der Waals surface area contributed by atoms with E-state index in [4.69, 9.17) is 0 Å². The fourth-order valence-corrected chi connectivity index (χ4v) is 3.03. The molecule has 0 saturated carbocycles. The van der Waals surface area contributed by atoms with E-state index in [0.717, 1.165) is 6.42 Å². The fourth-order valence-electron chi connectivity index (χ4n) is 2.49. The molecule has 0 heterocycles. The van der Waals surface area contributed by atoms with Crippen molar-refractivity contribution in [2.24, 2.45) is 0 Å². The Bertz CT molecular complexity index is 442. The van der Waals surface area contributed by atoms with Gasteiger partial charge in [0.25, 0.3) is 0 Å². The molecular formula is C14H17P. The molecule has 0 fully saturated rings. The van der Waals surface area contributed by atoms with Crippen molar-refractivity contribution < 1.29 is 0 Å². The lowest BCUT2D eigenvalue weighted by atomic mass is 9.75. The van der Waals surface area contributed by atoms with Gasteiger partial charge >= 0.3 is 0 Å². The highest BCUT2D eigenvalue weighted by Crippen LogP contribution is 2.48.